The van der Waals surface area contributed by atoms with Crippen molar-refractivity contribution in [2.75, 3.05) is 18.5 Å². The Labute approximate surface area is 148 Å². The lowest BCUT2D eigenvalue weighted by atomic mass is 10.1. The molecule has 1 unspecified atom stereocenters. The molecule has 0 bridgehead atoms. The van der Waals surface area contributed by atoms with E-state index in [9.17, 15) is 18.4 Å². The van der Waals surface area contributed by atoms with Gasteiger partial charge >= 0.3 is 0 Å². The smallest absolute Gasteiger partial charge is 0.257 e. The van der Waals surface area contributed by atoms with Crippen molar-refractivity contribution in [1.82, 2.24) is 4.90 Å². The topological polar surface area (TPSA) is 40.6 Å². The minimum atomic E-state index is -0.827. The molecule has 1 aliphatic heterocycles. The molecule has 1 heterocycles. The molecule has 1 aliphatic rings. The van der Waals surface area contributed by atoms with Crippen LogP contribution in [0.5, 0.6) is 0 Å². The molecule has 130 valence electrons. The molecule has 0 saturated carbocycles. The van der Waals surface area contributed by atoms with Gasteiger partial charge in [0.05, 0.1) is 16.3 Å². The molecule has 25 heavy (non-hydrogen) atoms. The fourth-order valence-corrected chi connectivity index (χ4v) is 3.16. The van der Waals surface area contributed by atoms with Crippen molar-refractivity contribution in [2.24, 2.45) is 0 Å². The minimum absolute atomic E-state index is 0.305. The third-order valence-corrected chi connectivity index (χ3v) is 4.59. The van der Waals surface area contributed by atoms with Gasteiger partial charge in [-0.3, -0.25) is 9.59 Å². The molecule has 2 aromatic rings. The van der Waals surface area contributed by atoms with Crippen LogP contribution in [-0.4, -0.2) is 36.3 Å². The predicted octanol–water partition coefficient (Wildman–Crippen LogP) is 3.50. The van der Waals surface area contributed by atoms with E-state index < -0.39 is 29.1 Å². The minimum Gasteiger partial charge on any atom is -0.329 e. The normalized spacial score (nSPS) is 17.0. The van der Waals surface area contributed by atoms with E-state index in [1.807, 2.05) is 0 Å². The summed E-state index contributed by atoms with van der Waals surface area (Å²) in [7, 11) is 1.41. The molecule has 1 atom stereocenters. The predicted molar refractivity (Wildman–Crippen MR) is 90.7 cm³/mol. The number of amides is 2. The third-order valence-electron chi connectivity index (χ3n) is 4.27. The molecule has 2 amide bonds. The highest BCUT2D eigenvalue weighted by atomic mass is 35.5. The van der Waals surface area contributed by atoms with Crippen LogP contribution < -0.4 is 4.90 Å². The fraction of sp³-hybridized carbons (Fsp3) is 0.222. The van der Waals surface area contributed by atoms with E-state index in [2.05, 4.69) is 0 Å². The van der Waals surface area contributed by atoms with E-state index in [1.165, 1.54) is 11.9 Å². The molecule has 1 saturated heterocycles. The van der Waals surface area contributed by atoms with Crippen molar-refractivity contribution < 1.29 is 18.4 Å². The maximum Gasteiger partial charge on any atom is 0.257 e. The van der Waals surface area contributed by atoms with Gasteiger partial charge in [-0.2, -0.15) is 0 Å². The summed E-state index contributed by atoms with van der Waals surface area (Å²) in [6.07, 6.45) is 0.378. The Morgan fingerprint density at radius 3 is 2.68 bits per heavy atom. The van der Waals surface area contributed by atoms with Crippen LogP contribution in [0.1, 0.15) is 16.8 Å². The molecule has 2 aromatic carbocycles. The molecular weight excluding hydrogens is 350 g/mol. The number of likely N-dealkylation sites (N-methyl/N-ethyl adjacent to an activating group) is 1. The monoisotopic (exact) mass is 364 g/mol. The molecule has 0 spiro atoms. The Morgan fingerprint density at radius 2 is 1.96 bits per heavy atom. The zero-order valence-corrected chi connectivity index (χ0v) is 14.1. The molecule has 0 N–H and O–H groups in total. The first kappa shape index (κ1) is 17.4. The van der Waals surface area contributed by atoms with Gasteiger partial charge in [0.15, 0.2) is 0 Å². The van der Waals surface area contributed by atoms with Gasteiger partial charge in [0.2, 0.25) is 5.91 Å². The average molecular weight is 365 g/mol. The Kier molecular flexibility index (Phi) is 4.72. The lowest BCUT2D eigenvalue weighted by Gasteiger charge is -2.24. The van der Waals surface area contributed by atoms with Gasteiger partial charge in [-0.05, 0) is 36.8 Å². The van der Waals surface area contributed by atoms with E-state index >= 15 is 0 Å². The summed E-state index contributed by atoms with van der Waals surface area (Å²) >= 11 is 6.13. The SMILES string of the molecule is CN(C(=O)c1cc(F)ccc1F)C1CCN(c2ccccc2Cl)C1=O. The van der Waals surface area contributed by atoms with Crippen molar-refractivity contribution in [1.29, 1.82) is 0 Å². The number of benzene rings is 2. The number of rotatable bonds is 3. The zero-order chi connectivity index (χ0) is 18.1. The van der Waals surface area contributed by atoms with Crippen molar-refractivity contribution in [2.45, 2.75) is 12.5 Å². The van der Waals surface area contributed by atoms with Crippen LogP contribution in [0.3, 0.4) is 0 Å². The summed E-state index contributed by atoms with van der Waals surface area (Å²) in [5.74, 6) is -2.59. The summed E-state index contributed by atoms with van der Waals surface area (Å²) in [6.45, 7) is 0.385. The molecule has 4 nitrogen and oxygen atoms in total. The lowest BCUT2D eigenvalue weighted by Crippen LogP contribution is -2.43. The second-order valence-corrected chi connectivity index (χ2v) is 6.19. The van der Waals surface area contributed by atoms with E-state index in [-0.39, 0.29) is 5.91 Å². The number of hydrogen-bond donors (Lipinski definition) is 0. The molecule has 3 rings (SSSR count). The van der Waals surface area contributed by atoms with Crippen molar-refractivity contribution in [3.63, 3.8) is 0 Å². The molecule has 1 fully saturated rings. The van der Waals surface area contributed by atoms with Gasteiger partial charge in [0.1, 0.15) is 17.7 Å². The zero-order valence-electron chi connectivity index (χ0n) is 13.4. The summed E-state index contributed by atoms with van der Waals surface area (Å²) in [5, 5.41) is 0.432. The molecule has 0 aliphatic carbocycles. The van der Waals surface area contributed by atoms with Crippen molar-refractivity contribution >= 4 is 29.1 Å². The van der Waals surface area contributed by atoms with Crippen LogP contribution in [-0.2, 0) is 4.79 Å². The Morgan fingerprint density at radius 1 is 1.24 bits per heavy atom. The molecule has 0 radical (unpaired) electrons. The van der Waals surface area contributed by atoms with Crippen molar-refractivity contribution in [3.8, 4) is 0 Å². The third kappa shape index (κ3) is 3.22. The number of para-hydroxylation sites is 1. The first-order chi connectivity index (χ1) is 11.9. The number of carbonyl (C=O) groups is 2. The Balaban J connectivity index is 1.83. The first-order valence-corrected chi connectivity index (χ1v) is 8.06. The molecular formula is C18H15ClF2N2O2. The van der Waals surface area contributed by atoms with Crippen LogP contribution in [0.4, 0.5) is 14.5 Å². The molecule has 0 aromatic heterocycles. The fourth-order valence-electron chi connectivity index (χ4n) is 2.93. The van der Waals surface area contributed by atoms with Gasteiger partial charge in [0, 0.05) is 13.6 Å². The second kappa shape index (κ2) is 6.80. The Bertz CT molecular complexity index is 844. The lowest BCUT2D eigenvalue weighted by molar-refractivity contribution is -0.120. The maximum atomic E-state index is 13.8. The van der Waals surface area contributed by atoms with Crippen LogP contribution in [0.15, 0.2) is 42.5 Å². The highest BCUT2D eigenvalue weighted by Crippen LogP contribution is 2.30. The Hall–Kier alpha value is -2.47. The first-order valence-electron chi connectivity index (χ1n) is 7.68. The van der Waals surface area contributed by atoms with Crippen LogP contribution >= 0.6 is 11.6 Å². The second-order valence-electron chi connectivity index (χ2n) is 5.79. The van der Waals surface area contributed by atoms with Gasteiger partial charge < -0.3 is 9.80 Å². The van der Waals surface area contributed by atoms with Crippen LogP contribution in [0.25, 0.3) is 0 Å². The highest BCUT2D eigenvalue weighted by molar-refractivity contribution is 6.34. The number of anilines is 1. The quantitative estimate of drug-likeness (QED) is 0.836. The summed E-state index contributed by atoms with van der Waals surface area (Å²) in [5.41, 5.74) is 0.168. The van der Waals surface area contributed by atoms with Crippen LogP contribution in [0, 0.1) is 11.6 Å². The molecule has 7 heteroatoms. The van der Waals surface area contributed by atoms with Gasteiger partial charge in [0.25, 0.3) is 5.91 Å². The summed E-state index contributed by atoms with van der Waals surface area (Å²) < 4.78 is 27.2. The highest BCUT2D eigenvalue weighted by Gasteiger charge is 2.38. The summed E-state index contributed by atoms with van der Waals surface area (Å²) in [6, 6.07) is 8.82. The average Bonchev–Trinajstić information content (AvgIpc) is 2.97. The van der Waals surface area contributed by atoms with Crippen LogP contribution in [0.2, 0.25) is 5.02 Å². The van der Waals surface area contributed by atoms with E-state index in [1.54, 1.807) is 24.3 Å². The van der Waals surface area contributed by atoms with Gasteiger partial charge in [-0.25, -0.2) is 8.78 Å². The number of hydrogen-bond acceptors (Lipinski definition) is 2. The standard InChI is InChI=1S/C18H15ClF2N2O2/c1-22(17(24)12-10-11(20)6-7-14(12)21)16-8-9-23(18(16)25)15-5-3-2-4-13(15)19/h2-7,10,16H,8-9H2,1H3. The van der Waals surface area contributed by atoms with E-state index in [0.29, 0.717) is 23.7 Å². The number of nitrogens with zero attached hydrogens (tertiary/aromatic N) is 2. The maximum absolute atomic E-state index is 13.8. The van der Waals surface area contributed by atoms with Gasteiger partial charge in [-0.15, -0.1) is 0 Å². The van der Waals surface area contributed by atoms with Crippen molar-refractivity contribution in [3.05, 3.63) is 64.7 Å². The number of halogens is 3. The number of carbonyl (C=O) groups excluding carboxylic acids is 2. The van der Waals surface area contributed by atoms with Gasteiger partial charge in [-0.1, -0.05) is 23.7 Å². The van der Waals surface area contributed by atoms with E-state index in [0.717, 1.165) is 23.1 Å². The van der Waals surface area contributed by atoms with E-state index in [4.69, 9.17) is 11.6 Å². The largest absolute Gasteiger partial charge is 0.329 e. The summed E-state index contributed by atoms with van der Waals surface area (Å²) in [4.78, 5) is 27.8.